The number of nitrogens with one attached hydrogen (secondary N) is 1. The van der Waals surface area contributed by atoms with E-state index in [-0.39, 0.29) is 17.2 Å². The number of unbranched alkanes of at least 4 members (excludes halogenated alkanes) is 1. The Hall–Kier alpha value is -1.38. The highest BCUT2D eigenvalue weighted by Crippen LogP contribution is 2.19. The molecule has 1 rings (SSSR count). The lowest BCUT2D eigenvalue weighted by Crippen LogP contribution is -2.25. The van der Waals surface area contributed by atoms with Gasteiger partial charge in [-0.2, -0.15) is 0 Å². The minimum absolute atomic E-state index is 0.0547. The van der Waals surface area contributed by atoms with Crippen LogP contribution in [0.3, 0.4) is 0 Å². The third-order valence-corrected chi connectivity index (χ3v) is 4.34. The summed E-state index contributed by atoms with van der Waals surface area (Å²) in [4.78, 5) is 10.6. The van der Waals surface area contributed by atoms with Crippen LogP contribution in [0.25, 0.3) is 0 Å². The van der Waals surface area contributed by atoms with E-state index < -0.39 is 21.8 Å². The Morgan fingerprint density at radius 2 is 2.05 bits per heavy atom. The molecule has 21 heavy (non-hydrogen) atoms. The van der Waals surface area contributed by atoms with Crippen molar-refractivity contribution in [1.82, 2.24) is 4.72 Å². The molecule has 1 aromatic rings. The Kier molecular flexibility index (Phi) is 6.86. The van der Waals surface area contributed by atoms with Gasteiger partial charge in [-0.05, 0) is 19.8 Å². The van der Waals surface area contributed by atoms with Gasteiger partial charge in [-0.1, -0.05) is 13.3 Å². The Morgan fingerprint density at radius 1 is 1.38 bits per heavy atom. The van der Waals surface area contributed by atoms with Crippen molar-refractivity contribution in [2.24, 2.45) is 0 Å². The minimum Gasteiger partial charge on any atom is -0.475 e. The number of hydrogen-bond acceptors (Lipinski definition) is 5. The first-order valence-electron chi connectivity index (χ1n) is 6.79. The van der Waals surface area contributed by atoms with Crippen LogP contribution in [0, 0.1) is 6.92 Å². The highest BCUT2D eigenvalue weighted by Gasteiger charge is 2.23. The molecule has 0 bridgehead atoms. The third-order valence-electron chi connectivity index (χ3n) is 2.77. The van der Waals surface area contributed by atoms with Gasteiger partial charge in [0.25, 0.3) is 0 Å². The first kappa shape index (κ1) is 17.7. The molecular formula is C13H21NO6S. The molecule has 1 aromatic heterocycles. The fourth-order valence-corrected chi connectivity index (χ4v) is 2.90. The zero-order valence-corrected chi connectivity index (χ0v) is 13.0. The summed E-state index contributed by atoms with van der Waals surface area (Å²) < 4.78 is 36.7. The highest BCUT2D eigenvalue weighted by atomic mass is 32.2. The molecule has 2 N–H and O–H groups in total. The fraction of sp³-hybridized carbons (Fsp3) is 0.615. The maximum absolute atomic E-state index is 12.0. The zero-order valence-electron chi connectivity index (χ0n) is 12.2. The lowest BCUT2D eigenvalue weighted by atomic mass is 10.4. The second-order valence-electron chi connectivity index (χ2n) is 4.55. The van der Waals surface area contributed by atoms with Gasteiger partial charge in [0.2, 0.25) is 15.8 Å². The number of aryl methyl sites for hydroxylation is 1. The molecule has 0 radical (unpaired) electrons. The van der Waals surface area contributed by atoms with Crippen molar-refractivity contribution in [1.29, 1.82) is 0 Å². The molecule has 0 aromatic carbocycles. The molecule has 0 atom stereocenters. The number of aromatic carboxylic acids is 1. The summed E-state index contributed by atoms with van der Waals surface area (Å²) in [5.41, 5.74) is 0. The Balaban J connectivity index is 2.48. The number of carbonyl (C=O) groups is 1. The summed E-state index contributed by atoms with van der Waals surface area (Å²) in [6.45, 7) is 4.85. The summed E-state index contributed by atoms with van der Waals surface area (Å²) >= 11 is 0. The molecule has 7 nitrogen and oxygen atoms in total. The van der Waals surface area contributed by atoms with E-state index in [2.05, 4.69) is 11.6 Å². The molecule has 1 heterocycles. The topological polar surface area (TPSA) is 106 Å². The van der Waals surface area contributed by atoms with Crippen LogP contribution in [0.2, 0.25) is 0 Å². The van der Waals surface area contributed by atoms with Crippen LogP contribution < -0.4 is 4.72 Å². The third kappa shape index (κ3) is 5.49. The molecule has 0 amide bonds. The molecule has 0 spiro atoms. The highest BCUT2D eigenvalue weighted by molar-refractivity contribution is 7.89. The van der Waals surface area contributed by atoms with Crippen molar-refractivity contribution in [3.63, 3.8) is 0 Å². The number of hydrogen-bond donors (Lipinski definition) is 2. The predicted octanol–water partition coefficient (Wildman–Crippen LogP) is 1.77. The molecule has 0 aliphatic carbocycles. The summed E-state index contributed by atoms with van der Waals surface area (Å²) in [6, 6.07) is 1.01. The quantitative estimate of drug-likeness (QED) is 0.637. The average molecular weight is 319 g/mol. The van der Waals surface area contributed by atoms with Crippen molar-refractivity contribution in [2.45, 2.75) is 38.0 Å². The van der Waals surface area contributed by atoms with Crippen molar-refractivity contribution in [3.8, 4) is 0 Å². The van der Waals surface area contributed by atoms with Crippen molar-refractivity contribution < 1.29 is 27.5 Å². The van der Waals surface area contributed by atoms with Crippen LogP contribution in [-0.2, 0) is 14.8 Å². The number of rotatable bonds is 10. The lowest BCUT2D eigenvalue weighted by Gasteiger charge is -2.06. The number of carboxylic acids is 1. The Bertz CT molecular complexity index is 563. The van der Waals surface area contributed by atoms with E-state index >= 15 is 0 Å². The van der Waals surface area contributed by atoms with E-state index in [1.54, 1.807) is 0 Å². The summed E-state index contributed by atoms with van der Waals surface area (Å²) in [6.07, 6.45) is 2.59. The number of sulfonamides is 1. The maximum Gasteiger partial charge on any atom is 0.371 e. The molecular weight excluding hydrogens is 298 g/mol. The van der Waals surface area contributed by atoms with Crippen molar-refractivity contribution >= 4 is 16.0 Å². The molecule has 0 fully saturated rings. The summed E-state index contributed by atoms with van der Waals surface area (Å²) in [7, 11) is -3.76. The van der Waals surface area contributed by atoms with Gasteiger partial charge in [0.15, 0.2) is 0 Å². The second-order valence-corrected chi connectivity index (χ2v) is 6.29. The first-order valence-corrected chi connectivity index (χ1v) is 8.28. The van der Waals surface area contributed by atoms with Crippen LogP contribution in [0.4, 0.5) is 0 Å². The fourth-order valence-electron chi connectivity index (χ4n) is 1.64. The van der Waals surface area contributed by atoms with Crippen LogP contribution in [0.15, 0.2) is 15.4 Å². The molecule has 0 aliphatic rings. The van der Waals surface area contributed by atoms with Crippen LogP contribution in [0.5, 0.6) is 0 Å². The molecule has 0 aliphatic heterocycles. The SMILES string of the molecule is CCCCOCCCNS(=O)(=O)c1cc(C(=O)O)oc1C. The zero-order chi connectivity index (χ0) is 15.9. The van der Waals surface area contributed by atoms with Gasteiger partial charge in [0, 0.05) is 25.8 Å². The van der Waals surface area contributed by atoms with Gasteiger partial charge in [0.05, 0.1) is 0 Å². The molecule has 0 unspecified atom stereocenters. The normalized spacial score (nSPS) is 11.7. The van der Waals surface area contributed by atoms with Gasteiger partial charge in [0.1, 0.15) is 10.7 Å². The molecule has 120 valence electrons. The van der Waals surface area contributed by atoms with Gasteiger partial charge >= 0.3 is 5.97 Å². The maximum atomic E-state index is 12.0. The summed E-state index contributed by atoms with van der Waals surface area (Å²) in [5, 5.41) is 8.78. The van der Waals surface area contributed by atoms with Gasteiger partial charge in [-0.25, -0.2) is 17.9 Å². The number of furan rings is 1. The van der Waals surface area contributed by atoms with E-state index in [1.165, 1.54) is 6.92 Å². The van der Waals surface area contributed by atoms with E-state index in [1.807, 2.05) is 0 Å². The minimum atomic E-state index is -3.76. The van der Waals surface area contributed by atoms with Crippen LogP contribution in [0.1, 0.15) is 42.5 Å². The van der Waals surface area contributed by atoms with E-state index in [0.717, 1.165) is 18.9 Å². The average Bonchev–Trinajstić information content (AvgIpc) is 2.81. The van der Waals surface area contributed by atoms with E-state index in [0.29, 0.717) is 19.6 Å². The largest absolute Gasteiger partial charge is 0.475 e. The number of ether oxygens (including phenoxy) is 1. The monoisotopic (exact) mass is 319 g/mol. The van der Waals surface area contributed by atoms with Gasteiger partial charge in [-0.15, -0.1) is 0 Å². The molecule has 8 heteroatoms. The van der Waals surface area contributed by atoms with Gasteiger partial charge < -0.3 is 14.3 Å². The van der Waals surface area contributed by atoms with Crippen molar-refractivity contribution in [2.75, 3.05) is 19.8 Å². The van der Waals surface area contributed by atoms with E-state index in [4.69, 9.17) is 14.3 Å². The molecule has 0 saturated carbocycles. The second kappa shape index (κ2) is 8.16. The van der Waals surface area contributed by atoms with Crippen LogP contribution in [-0.4, -0.2) is 39.3 Å². The summed E-state index contributed by atoms with van der Waals surface area (Å²) in [5.74, 6) is -1.64. The van der Waals surface area contributed by atoms with Crippen molar-refractivity contribution in [3.05, 3.63) is 17.6 Å². The van der Waals surface area contributed by atoms with E-state index in [9.17, 15) is 13.2 Å². The Morgan fingerprint density at radius 3 is 2.62 bits per heavy atom. The van der Waals surface area contributed by atoms with Crippen LogP contribution >= 0.6 is 0 Å². The van der Waals surface area contributed by atoms with Gasteiger partial charge in [-0.3, -0.25) is 0 Å². The smallest absolute Gasteiger partial charge is 0.371 e. The lowest BCUT2D eigenvalue weighted by molar-refractivity contribution is 0.0661. The molecule has 0 saturated heterocycles. The standard InChI is InChI=1S/C13H21NO6S/c1-3-4-7-19-8-5-6-14-21(17,18)12-9-11(13(15)16)20-10(12)2/h9,14H,3-8H2,1-2H3,(H,15,16). The predicted molar refractivity (Wildman–Crippen MR) is 75.9 cm³/mol. The first-order chi connectivity index (χ1) is 9.88. The number of carboxylic acid groups (broad SMARTS) is 1. The Labute approximate surface area is 124 Å².